The molecule has 9 heavy (non-hydrogen) atoms. The molecule has 9 heteroatoms. The summed E-state index contributed by atoms with van der Waals surface area (Å²) in [5.74, 6) is 0. The number of hydrogen-bond acceptors (Lipinski definition) is 5. The average molecular weight is 256 g/mol. The maximum Gasteiger partial charge on any atom is 0.507 e. The summed E-state index contributed by atoms with van der Waals surface area (Å²) < 4.78 is 38.5. The Morgan fingerprint density at radius 1 is 1.56 bits per heavy atom. The predicted octanol–water partition coefficient (Wildman–Crippen LogP) is -1.18. The van der Waals surface area contributed by atoms with Gasteiger partial charge in [-0.15, -0.1) is 0 Å². The molecule has 0 radical (unpaired) electrons. The minimum absolute atomic E-state index is 0. The Hall–Kier alpha value is 0.618. The summed E-state index contributed by atoms with van der Waals surface area (Å²) in [4.78, 5) is 9.29. The van der Waals surface area contributed by atoms with Crippen molar-refractivity contribution < 1.29 is 47.5 Å². The van der Waals surface area contributed by atoms with Crippen molar-refractivity contribution >= 4 is 18.7 Å². The quantitative estimate of drug-likeness (QED) is 0.379. The molecule has 0 aromatic heterocycles. The van der Waals surface area contributed by atoms with Gasteiger partial charge in [-0.3, -0.25) is 4.55 Å². The molecule has 0 rings (SSSR count). The van der Waals surface area contributed by atoms with E-state index in [2.05, 4.69) is 3.97 Å². The van der Waals surface area contributed by atoms with Crippen molar-refractivity contribution in [3.8, 4) is 0 Å². The Kier molecular flexibility index (Phi) is 6.07. The van der Waals surface area contributed by atoms with E-state index in [0.29, 0.717) is 0 Å². The molecule has 0 heterocycles. The van der Waals surface area contributed by atoms with Gasteiger partial charge in [0, 0.05) is 25.0 Å². The Balaban J connectivity index is 0. The van der Waals surface area contributed by atoms with Gasteiger partial charge in [0.05, 0.1) is 0 Å². The van der Waals surface area contributed by atoms with Crippen LogP contribution in [0.25, 0.3) is 0 Å². The monoisotopic (exact) mass is 258 g/mol. The van der Waals surface area contributed by atoms with Crippen LogP contribution in [0.3, 0.4) is 0 Å². The molecular formula is HMoO6PS. The van der Waals surface area contributed by atoms with E-state index in [9.17, 15) is 17.9 Å². The van der Waals surface area contributed by atoms with Crippen molar-refractivity contribution in [2.45, 2.75) is 0 Å². The second-order valence-corrected chi connectivity index (χ2v) is 2.62. The van der Waals surface area contributed by atoms with Gasteiger partial charge in [-0.05, 0) is 4.57 Å². The normalized spacial score (nSPS) is 12.0. The molecule has 1 N–H and O–H groups in total. The Bertz CT molecular complexity index is 179. The third-order valence-electron chi connectivity index (χ3n) is 0.155. The number of hydrogen-bond donors (Lipinski definition) is 1. The summed E-state index contributed by atoms with van der Waals surface area (Å²) in [6.07, 6.45) is 0. The van der Waals surface area contributed by atoms with E-state index in [4.69, 9.17) is 4.55 Å². The Labute approximate surface area is 66.4 Å². The predicted molar refractivity (Wildman–Crippen MR) is 20.2 cm³/mol. The van der Waals surface area contributed by atoms with Crippen molar-refractivity contribution in [2.75, 3.05) is 0 Å². The summed E-state index contributed by atoms with van der Waals surface area (Å²) >= 11 is 0. The van der Waals surface area contributed by atoms with Gasteiger partial charge in [-0.1, -0.05) is 0 Å². The molecule has 0 aromatic rings. The molecule has 0 saturated carbocycles. The SMILES string of the molecule is O=[P+]([O-])OS(=O)(=O)O.[Mo]. The zero-order chi connectivity index (χ0) is 6.78. The van der Waals surface area contributed by atoms with Crippen LogP contribution in [0.4, 0.5) is 0 Å². The summed E-state index contributed by atoms with van der Waals surface area (Å²) in [6, 6.07) is 0. The molecule has 0 aliphatic carbocycles. The molecule has 1 unspecified atom stereocenters. The molecule has 0 aliphatic heterocycles. The molecule has 0 saturated heterocycles. The van der Waals surface area contributed by atoms with Crippen LogP contribution in [0, 0.1) is 0 Å². The molecule has 54 valence electrons. The second-order valence-electron chi connectivity index (χ2n) is 0.726. The topological polar surface area (TPSA) is 104 Å². The van der Waals surface area contributed by atoms with Gasteiger partial charge in [0.25, 0.3) is 0 Å². The minimum Gasteiger partial charge on any atom is -0.566 e. The van der Waals surface area contributed by atoms with E-state index in [1.165, 1.54) is 0 Å². The van der Waals surface area contributed by atoms with Gasteiger partial charge in [-0.2, -0.15) is 8.42 Å². The van der Waals surface area contributed by atoms with E-state index < -0.39 is 18.7 Å². The van der Waals surface area contributed by atoms with Gasteiger partial charge < -0.3 is 4.89 Å². The Morgan fingerprint density at radius 3 is 1.89 bits per heavy atom. The van der Waals surface area contributed by atoms with Gasteiger partial charge in [-0.25, -0.2) is 0 Å². The smallest absolute Gasteiger partial charge is 0.507 e. The van der Waals surface area contributed by atoms with Gasteiger partial charge in [0.15, 0.2) is 0 Å². The first kappa shape index (κ1) is 12.3. The van der Waals surface area contributed by atoms with Crippen LogP contribution in [0.1, 0.15) is 0 Å². The van der Waals surface area contributed by atoms with Gasteiger partial charge >= 0.3 is 18.7 Å². The molecule has 0 fully saturated rings. The molecule has 0 amide bonds. The average Bonchev–Trinajstić information content (AvgIpc) is 1.21. The molecule has 0 bridgehead atoms. The van der Waals surface area contributed by atoms with Crippen molar-refractivity contribution in [3.05, 3.63) is 0 Å². The molecule has 1 atom stereocenters. The van der Waals surface area contributed by atoms with Crippen LogP contribution in [0.5, 0.6) is 0 Å². The van der Waals surface area contributed by atoms with E-state index in [0.717, 1.165) is 0 Å². The summed E-state index contributed by atoms with van der Waals surface area (Å²) in [5.41, 5.74) is 0. The second kappa shape index (κ2) is 4.44. The third-order valence-corrected chi connectivity index (χ3v) is 1.40. The fourth-order valence-corrected chi connectivity index (χ4v) is 0.692. The first-order chi connectivity index (χ1) is 3.42. The molecule has 0 aromatic carbocycles. The van der Waals surface area contributed by atoms with Crippen LogP contribution >= 0.6 is 8.25 Å². The van der Waals surface area contributed by atoms with Crippen LogP contribution in [-0.4, -0.2) is 13.0 Å². The minimum atomic E-state index is -4.82. The van der Waals surface area contributed by atoms with Crippen molar-refractivity contribution in [1.82, 2.24) is 0 Å². The van der Waals surface area contributed by atoms with E-state index in [1.54, 1.807) is 0 Å². The molecule has 0 spiro atoms. The molecular weight excluding hydrogens is 255 g/mol. The van der Waals surface area contributed by atoms with E-state index in [-0.39, 0.29) is 21.1 Å². The summed E-state index contributed by atoms with van der Waals surface area (Å²) in [5, 5.41) is 0. The largest absolute Gasteiger partial charge is 0.566 e. The van der Waals surface area contributed by atoms with Crippen molar-refractivity contribution in [2.24, 2.45) is 0 Å². The maximum atomic E-state index is 9.39. The summed E-state index contributed by atoms with van der Waals surface area (Å²) in [6.45, 7) is 0. The van der Waals surface area contributed by atoms with Crippen molar-refractivity contribution in [3.63, 3.8) is 0 Å². The fourth-order valence-electron chi connectivity index (χ4n) is 0.0769. The first-order valence-electron chi connectivity index (χ1n) is 1.23. The van der Waals surface area contributed by atoms with E-state index in [1.807, 2.05) is 0 Å². The zero-order valence-corrected chi connectivity index (χ0v) is 7.47. The van der Waals surface area contributed by atoms with Crippen LogP contribution in [0.2, 0.25) is 0 Å². The third kappa shape index (κ3) is 12.0. The standard InChI is InChI=1S/Mo.HO6PS/c;1-7(2)6-8(3,4)5/h;(H,3,4,5). The van der Waals surface area contributed by atoms with Gasteiger partial charge in [0.2, 0.25) is 0 Å². The zero-order valence-electron chi connectivity index (χ0n) is 3.75. The van der Waals surface area contributed by atoms with Gasteiger partial charge in [0.1, 0.15) is 0 Å². The van der Waals surface area contributed by atoms with E-state index >= 15 is 0 Å². The molecule has 0 aliphatic rings. The fraction of sp³-hybridized carbons (Fsp3) is 0. The van der Waals surface area contributed by atoms with Crippen molar-refractivity contribution in [1.29, 1.82) is 0 Å². The van der Waals surface area contributed by atoms with Crippen LogP contribution in [-0.2, 0) is 40.0 Å². The molecule has 6 nitrogen and oxygen atoms in total. The number of rotatable bonds is 2. The first-order valence-corrected chi connectivity index (χ1v) is 3.69. The van der Waals surface area contributed by atoms with Crippen LogP contribution < -0.4 is 4.89 Å². The summed E-state index contributed by atoms with van der Waals surface area (Å²) in [7, 11) is -8.35. The van der Waals surface area contributed by atoms with Crippen LogP contribution in [0.15, 0.2) is 0 Å². The maximum absolute atomic E-state index is 9.39. The Morgan fingerprint density at radius 2 is 1.89 bits per heavy atom.